The second-order valence-electron chi connectivity index (χ2n) is 4.45. The zero-order valence-corrected chi connectivity index (χ0v) is 10.2. The lowest BCUT2D eigenvalue weighted by Gasteiger charge is -2.24. The van der Waals surface area contributed by atoms with Crippen molar-refractivity contribution in [3.63, 3.8) is 0 Å². The van der Waals surface area contributed by atoms with Crippen LogP contribution in [0, 0.1) is 0 Å². The van der Waals surface area contributed by atoms with E-state index in [1.807, 2.05) is 18.2 Å². The van der Waals surface area contributed by atoms with Crippen molar-refractivity contribution in [2.45, 2.75) is 38.2 Å². The van der Waals surface area contributed by atoms with Crippen molar-refractivity contribution in [1.82, 2.24) is 5.32 Å². The maximum absolute atomic E-state index is 11.7. The molecule has 17 heavy (non-hydrogen) atoms. The molecule has 0 radical (unpaired) electrons. The average Bonchev–Trinajstić information content (AvgIpc) is 2.40. The van der Waals surface area contributed by atoms with E-state index >= 15 is 0 Å². The third-order valence-electron chi connectivity index (χ3n) is 3.20. The van der Waals surface area contributed by atoms with Crippen LogP contribution in [0.25, 0.3) is 0 Å². The van der Waals surface area contributed by atoms with E-state index < -0.39 is 0 Å². The van der Waals surface area contributed by atoms with Crippen LogP contribution in [0.4, 0.5) is 0 Å². The third-order valence-corrected chi connectivity index (χ3v) is 3.20. The molecule has 3 nitrogen and oxygen atoms in total. The highest BCUT2D eigenvalue weighted by Crippen LogP contribution is 2.25. The molecule has 1 aliphatic carbocycles. The number of nitrogens with one attached hydrogen (secondary N) is 1. The molecule has 0 heterocycles. The van der Waals surface area contributed by atoms with Gasteiger partial charge in [-0.2, -0.15) is 0 Å². The number of hydrogen-bond donors (Lipinski definition) is 1. The molecular formula is C14H19NO2. The Labute approximate surface area is 102 Å². The molecule has 0 unspecified atom stereocenters. The predicted octanol–water partition coefficient (Wildman–Crippen LogP) is 2.76. The normalized spacial score (nSPS) is 16.5. The quantitative estimate of drug-likeness (QED) is 0.871. The summed E-state index contributed by atoms with van der Waals surface area (Å²) in [7, 11) is 1.64. The van der Waals surface area contributed by atoms with Gasteiger partial charge in [-0.3, -0.25) is 4.79 Å². The van der Waals surface area contributed by atoms with Crippen LogP contribution in [0.3, 0.4) is 0 Å². The molecule has 0 atom stereocenters. The predicted molar refractivity (Wildman–Crippen MR) is 67.3 cm³/mol. The van der Waals surface area contributed by atoms with Crippen LogP contribution >= 0.6 is 0 Å². The molecule has 0 spiro atoms. The van der Waals surface area contributed by atoms with E-state index in [4.69, 9.17) is 4.74 Å². The summed E-state index contributed by atoms with van der Waals surface area (Å²) in [4.78, 5) is 11.7. The zero-order chi connectivity index (χ0) is 12.1. The standard InChI is InChI=1S/C14H19NO2/c1-15-14(16)12-9-5-6-10-13(12)17-11-7-3-2-4-8-11/h5-6,9-11H,2-4,7-8H2,1H3,(H,15,16). The van der Waals surface area contributed by atoms with Gasteiger partial charge in [0.15, 0.2) is 0 Å². The number of ether oxygens (including phenoxy) is 1. The number of para-hydroxylation sites is 1. The molecule has 1 saturated carbocycles. The second kappa shape index (κ2) is 5.71. The molecule has 2 rings (SSSR count). The van der Waals surface area contributed by atoms with Crippen LogP contribution in [0.2, 0.25) is 0 Å². The first-order valence-electron chi connectivity index (χ1n) is 6.29. The highest BCUT2D eigenvalue weighted by atomic mass is 16.5. The third kappa shape index (κ3) is 2.99. The van der Waals surface area contributed by atoms with Crippen LogP contribution in [-0.4, -0.2) is 19.1 Å². The largest absolute Gasteiger partial charge is 0.490 e. The summed E-state index contributed by atoms with van der Waals surface area (Å²) < 4.78 is 5.95. The number of hydrogen-bond acceptors (Lipinski definition) is 2. The van der Waals surface area contributed by atoms with Crippen LogP contribution < -0.4 is 10.1 Å². The topological polar surface area (TPSA) is 38.3 Å². The monoisotopic (exact) mass is 233 g/mol. The summed E-state index contributed by atoms with van der Waals surface area (Å²) >= 11 is 0. The molecular weight excluding hydrogens is 214 g/mol. The van der Waals surface area contributed by atoms with E-state index in [2.05, 4.69) is 5.32 Å². The number of rotatable bonds is 3. The SMILES string of the molecule is CNC(=O)c1ccccc1OC1CCCCC1. The number of carbonyl (C=O) groups excluding carboxylic acids is 1. The van der Waals surface area contributed by atoms with Crippen molar-refractivity contribution < 1.29 is 9.53 Å². The number of amides is 1. The fraction of sp³-hybridized carbons (Fsp3) is 0.500. The summed E-state index contributed by atoms with van der Waals surface area (Å²) in [5.41, 5.74) is 0.626. The van der Waals surface area contributed by atoms with Crippen molar-refractivity contribution in [1.29, 1.82) is 0 Å². The van der Waals surface area contributed by atoms with Gasteiger partial charge >= 0.3 is 0 Å². The Morgan fingerprint density at radius 2 is 1.94 bits per heavy atom. The summed E-state index contributed by atoms with van der Waals surface area (Å²) in [6, 6.07) is 7.44. The van der Waals surface area contributed by atoms with Crippen LogP contribution in [-0.2, 0) is 0 Å². The van der Waals surface area contributed by atoms with Crippen LogP contribution in [0.15, 0.2) is 24.3 Å². The average molecular weight is 233 g/mol. The van der Waals surface area contributed by atoms with Gasteiger partial charge in [0.25, 0.3) is 5.91 Å². The Morgan fingerprint density at radius 3 is 2.65 bits per heavy atom. The Kier molecular flexibility index (Phi) is 4.02. The Morgan fingerprint density at radius 1 is 1.24 bits per heavy atom. The lowest BCUT2D eigenvalue weighted by molar-refractivity contribution is 0.0951. The molecule has 1 amide bonds. The van der Waals surface area contributed by atoms with Gasteiger partial charge in [0.2, 0.25) is 0 Å². The first kappa shape index (κ1) is 12.0. The van der Waals surface area contributed by atoms with Gasteiger partial charge in [-0.1, -0.05) is 18.6 Å². The molecule has 0 bridgehead atoms. The molecule has 1 N–H and O–H groups in total. The summed E-state index contributed by atoms with van der Waals surface area (Å²) in [5.74, 6) is 0.621. The number of benzene rings is 1. The molecule has 92 valence electrons. The summed E-state index contributed by atoms with van der Waals surface area (Å²) in [6.07, 6.45) is 6.23. The van der Waals surface area contributed by atoms with E-state index in [0.29, 0.717) is 11.3 Å². The molecule has 1 fully saturated rings. The van der Waals surface area contributed by atoms with Gasteiger partial charge in [-0.15, -0.1) is 0 Å². The van der Waals surface area contributed by atoms with Gasteiger partial charge in [0, 0.05) is 7.05 Å². The molecule has 0 aliphatic heterocycles. The van der Waals surface area contributed by atoms with Gasteiger partial charge in [0.05, 0.1) is 11.7 Å². The minimum atomic E-state index is -0.0867. The van der Waals surface area contributed by atoms with E-state index in [1.54, 1.807) is 13.1 Å². The van der Waals surface area contributed by atoms with Gasteiger partial charge in [-0.05, 0) is 37.8 Å². The second-order valence-corrected chi connectivity index (χ2v) is 4.45. The molecule has 1 aromatic rings. The minimum Gasteiger partial charge on any atom is -0.490 e. The van der Waals surface area contributed by atoms with E-state index in [1.165, 1.54) is 19.3 Å². The summed E-state index contributed by atoms with van der Waals surface area (Å²) in [5, 5.41) is 2.64. The molecule has 1 aromatic carbocycles. The fourth-order valence-corrected chi connectivity index (χ4v) is 2.25. The first-order valence-corrected chi connectivity index (χ1v) is 6.29. The maximum atomic E-state index is 11.7. The van der Waals surface area contributed by atoms with Gasteiger partial charge < -0.3 is 10.1 Å². The summed E-state index contributed by atoms with van der Waals surface area (Å²) in [6.45, 7) is 0. The smallest absolute Gasteiger partial charge is 0.254 e. The molecule has 0 aromatic heterocycles. The number of carbonyl (C=O) groups is 1. The van der Waals surface area contributed by atoms with E-state index in [-0.39, 0.29) is 12.0 Å². The minimum absolute atomic E-state index is 0.0867. The van der Waals surface area contributed by atoms with Crippen molar-refractivity contribution in [2.24, 2.45) is 0 Å². The van der Waals surface area contributed by atoms with Gasteiger partial charge in [-0.25, -0.2) is 0 Å². The lowest BCUT2D eigenvalue weighted by Crippen LogP contribution is -2.23. The molecule has 3 heteroatoms. The van der Waals surface area contributed by atoms with Crippen molar-refractivity contribution in [2.75, 3.05) is 7.05 Å². The maximum Gasteiger partial charge on any atom is 0.254 e. The van der Waals surface area contributed by atoms with E-state index in [0.717, 1.165) is 12.8 Å². The Balaban J connectivity index is 2.11. The van der Waals surface area contributed by atoms with Crippen molar-refractivity contribution in [3.05, 3.63) is 29.8 Å². The molecule has 1 aliphatic rings. The zero-order valence-electron chi connectivity index (χ0n) is 10.2. The van der Waals surface area contributed by atoms with E-state index in [9.17, 15) is 4.79 Å². The Hall–Kier alpha value is -1.51. The van der Waals surface area contributed by atoms with Crippen LogP contribution in [0.1, 0.15) is 42.5 Å². The van der Waals surface area contributed by atoms with Crippen molar-refractivity contribution >= 4 is 5.91 Å². The first-order chi connectivity index (χ1) is 8.31. The highest BCUT2D eigenvalue weighted by molar-refractivity contribution is 5.96. The fourth-order valence-electron chi connectivity index (χ4n) is 2.25. The Bertz CT molecular complexity index is 384. The van der Waals surface area contributed by atoms with Crippen molar-refractivity contribution in [3.8, 4) is 5.75 Å². The van der Waals surface area contributed by atoms with Crippen LogP contribution in [0.5, 0.6) is 5.75 Å². The van der Waals surface area contributed by atoms with Gasteiger partial charge in [0.1, 0.15) is 5.75 Å². The lowest BCUT2D eigenvalue weighted by atomic mass is 9.97. The molecule has 0 saturated heterocycles. The highest BCUT2D eigenvalue weighted by Gasteiger charge is 2.18.